The van der Waals surface area contributed by atoms with E-state index < -0.39 is 15.5 Å². The van der Waals surface area contributed by atoms with Crippen LogP contribution in [0.3, 0.4) is 0 Å². The smallest absolute Gasteiger partial charge is 0.272 e. The fourth-order valence-corrected chi connectivity index (χ4v) is 4.43. The summed E-state index contributed by atoms with van der Waals surface area (Å²) in [4.78, 5) is 30.8. The summed E-state index contributed by atoms with van der Waals surface area (Å²) >= 11 is 0. The molecule has 10 nitrogen and oxygen atoms in total. The molecule has 1 heterocycles. The third kappa shape index (κ3) is 3.82. The van der Waals surface area contributed by atoms with E-state index in [2.05, 4.69) is 28.7 Å². The number of aromatic nitrogens is 2. The van der Waals surface area contributed by atoms with E-state index in [4.69, 9.17) is 9.97 Å². The summed E-state index contributed by atoms with van der Waals surface area (Å²) in [5, 5.41) is 30.6. The number of hydrogen-bond acceptors (Lipinski definition) is 8. The molecule has 1 aromatic heterocycles. The van der Waals surface area contributed by atoms with Crippen molar-refractivity contribution >= 4 is 66.9 Å². The van der Waals surface area contributed by atoms with Gasteiger partial charge in [0.15, 0.2) is 0 Å². The third-order valence-electron chi connectivity index (χ3n) is 6.13. The number of non-ortho nitro benzene ring substituents is 1. The van der Waals surface area contributed by atoms with Crippen molar-refractivity contribution < 1.29 is 9.85 Å². The first kappa shape index (κ1) is 22.0. The van der Waals surface area contributed by atoms with Crippen LogP contribution < -0.4 is 5.43 Å². The Bertz CT molecular complexity index is 1940. The molecule has 0 aliphatic heterocycles. The van der Waals surface area contributed by atoms with Crippen LogP contribution in [0.25, 0.3) is 43.6 Å². The maximum absolute atomic E-state index is 11.3. The van der Waals surface area contributed by atoms with Crippen LogP contribution in [0.4, 0.5) is 17.1 Å². The molecule has 0 fully saturated rings. The van der Waals surface area contributed by atoms with Crippen LogP contribution in [0.2, 0.25) is 0 Å². The molecule has 178 valence electrons. The van der Waals surface area contributed by atoms with Crippen molar-refractivity contribution in [2.45, 2.75) is 0 Å². The van der Waals surface area contributed by atoms with Gasteiger partial charge >= 0.3 is 5.69 Å². The van der Waals surface area contributed by atoms with Crippen molar-refractivity contribution in [2.75, 3.05) is 5.43 Å². The molecular formula is C27H16N6O4. The van der Waals surface area contributed by atoms with Gasteiger partial charge in [-0.2, -0.15) is 5.10 Å². The number of fused-ring (bicyclic) bond motifs is 7. The average Bonchev–Trinajstić information content (AvgIpc) is 2.92. The fourth-order valence-electron chi connectivity index (χ4n) is 4.43. The van der Waals surface area contributed by atoms with Gasteiger partial charge in [-0.25, -0.2) is 9.97 Å². The van der Waals surface area contributed by atoms with Crippen LogP contribution in [-0.2, 0) is 0 Å². The third-order valence-corrected chi connectivity index (χ3v) is 6.13. The highest BCUT2D eigenvalue weighted by Crippen LogP contribution is 2.34. The minimum atomic E-state index is -0.699. The van der Waals surface area contributed by atoms with Crippen molar-refractivity contribution in [3.8, 4) is 0 Å². The Balaban J connectivity index is 1.41. The Hall–Kier alpha value is -5.51. The summed E-state index contributed by atoms with van der Waals surface area (Å²) in [6, 6.07) is 25.1. The SMILES string of the molecule is O=[N+]([O-])c1ccc(NN=Cc2ccc3nc4c5ccccc5c5ccccc5c4nc3c2)c([N+](=O)[O-])c1. The van der Waals surface area contributed by atoms with Crippen LogP contribution in [0, 0.1) is 20.2 Å². The van der Waals surface area contributed by atoms with Gasteiger partial charge in [-0.15, -0.1) is 0 Å². The lowest BCUT2D eigenvalue weighted by atomic mass is 9.99. The Labute approximate surface area is 208 Å². The molecule has 0 atom stereocenters. The number of rotatable bonds is 5. The van der Waals surface area contributed by atoms with Crippen LogP contribution in [0.1, 0.15) is 5.56 Å². The normalized spacial score (nSPS) is 11.6. The first-order chi connectivity index (χ1) is 18.0. The van der Waals surface area contributed by atoms with Gasteiger partial charge in [-0.05, 0) is 34.5 Å². The van der Waals surface area contributed by atoms with Gasteiger partial charge in [0.25, 0.3) is 5.69 Å². The van der Waals surface area contributed by atoms with Crippen molar-refractivity contribution in [1.29, 1.82) is 0 Å². The molecule has 6 rings (SSSR count). The molecule has 5 aromatic carbocycles. The van der Waals surface area contributed by atoms with E-state index in [9.17, 15) is 20.2 Å². The second kappa shape index (κ2) is 8.61. The fraction of sp³-hybridized carbons (Fsp3) is 0. The van der Waals surface area contributed by atoms with E-state index in [1.807, 2.05) is 48.5 Å². The Morgan fingerprint density at radius 1 is 0.703 bits per heavy atom. The number of anilines is 1. The van der Waals surface area contributed by atoms with Crippen molar-refractivity contribution in [1.82, 2.24) is 9.97 Å². The molecule has 0 amide bonds. The van der Waals surface area contributed by atoms with Gasteiger partial charge in [0.1, 0.15) is 5.69 Å². The molecule has 37 heavy (non-hydrogen) atoms. The van der Waals surface area contributed by atoms with Gasteiger partial charge in [-0.1, -0.05) is 54.6 Å². The topological polar surface area (TPSA) is 136 Å². The zero-order chi connectivity index (χ0) is 25.5. The largest absolute Gasteiger partial charge is 0.301 e. The van der Waals surface area contributed by atoms with Gasteiger partial charge < -0.3 is 0 Å². The van der Waals surface area contributed by atoms with Gasteiger partial charge in [0.2, 0.25) is 0 Å². The maximum Gasteiger partial charge on any atom is 0.301 e. The lowest BCUT2D eigenvalue weighted by Gasteiger charge is -2.10. The molecule has 6 aromatic rings. The Morgan fingerprint density at radius 3 is 1.95 bits per heavy atom. The zero-order valence-corrected chi connectivity index (χ0v) is 19.0. The number of hydrogen-bond donors (Lipinski definition) is 1. The number of nitro groups is 2. The molecule has 0 spiro atoms. The van der Waals surface area contributed by atoms with Crippen LogP contribution >= 0.6 is 0 Å². The second-order valence-corrected chi connectivity index (χ2v) is 8.35. The molecule has 0 bridgehead atoms. The van der Waals surface area contributed by atoms with Gasteiger partial charge in [-0.3, -0.25) is 25.7 Å². The summed E-state index contributed by atoms with van der Waals surface area (Å²) in [7, 11) is 0. The molecule has 0 saturated heterocycles. The monoisotopic (exact) mass is 488 g/mol. The van der Waals surface area contributed by atoms with E-state index >= 15 is 0 Å². The molecule has 0 unspecified atom stereocenters. The number of nitrogens with one attached hydrogen (secondary N) is 1. The first-order valence-corrected chi connectivity index (χ1v) is 11.2. The zero-order valence-electron chi connectivity index (χ0n) is 19.0. The van der Waals surface area contributed by atoms with E-state index in [0.717, 1.165) is 44.2 Å². The van der Waals surface area contributed by atoms with E-state index in [1.165, 1.54) is 18.3 Å². The predicted molar refractivity (Wildman–Crippen MR) is 143 cm³/mol. The highest BCUT2D eigenvalue weighted by Gasteiger charge is 2.19. The van der Waals surface area contributed by atoms with Gasteiger partial charge in [0.05, 0.1) is 44.2 Å². The predicted octanol–water partition coefficient (Wildman–Crippen LogP) is 6.35. The van der Waals surface area contributed by atoms with E-state index in [-0.39, 0.29) is 11.4 Å². The summed E-state index contributed by atoms with van der Waals surface area (Å²) in [6.07, 6.45) is 1.49. The Kier molecular flexibility index (Phi) is 5.12. The van der Waals surface area contributed by atoms with Gasteiger partial charge in [0, 0.05) is 16.8 Å². The van der Waals surface area contributed by atoms with Crippen molar-refractivity contribution in [3.05, 3.63) is 111 Å². The summed E-state index contributed by atoms with van der Waals surface area (Å²) in [6.45, 7) is 0. The Morgan fingerprint density at radius 2 is 1.32 bits per heavy atom. The standard InChI is InChI=1S/C27H16N6O4/c34-32(35)17-10-12-23(25(14-17)33(36)37)31-28-15-16-9-11-22-24(13-16)30-27-21-8-4-2-6-19(21)18-5-1-3-7-20(18)26(27)29-22/h1-15,31H. The van der Waals surface area contributed by atoms with Crippen LogP contribution in [-0.4, -0.2) is 26.0 Å². The highest BCUT2D eigenvalue weighted by atomic mass is 16.6. The minimum Gasteiger partial charge on any atom is -0.272 e. The number of nitrogens with zero attached hydrogens (tertiary/aromatic N) is 5. The van der Waals surface area contributed by atoms with Crippen molar-refractivity contribution in [3.63, 3.8) is 0 Å². The lowest BCUT2D eigenvalue weighted by Crippen LogP contribution is -1.99. The van der Waals surface area contributed by atoms with E-state index in [1.54, 1.807) is 0 Å². The van der Waals surface area contributed by atoms with Crippen LogP contribution in [0.15, 0.2) is 90.0 Å². The first-order valence-electron chi connectivity index (χ1n) is 11.2. The number of benzene rings is 5. The molecule has 0 saturated carbocycles. The summed E-state index contributed by atoms with van der Waals surface area (Å²) in [5.74, 6) is 0. The molecule has 1 N–H and O–H groups in total. The maximum atomic E-state index is 11.3. The van der Waals surface area contributed by atoms with E-state index in [0.29, 0.717) is 11.1 Å². The molecule has 0 radical (unpaired) electrons. The second-order valence-electron chi connectivity index (χ2n) is 8.35. The molecule has 10 heteroatoms. The minimum absolute atomic E-state index is 0.0387. The van der Waals surface area contributed by atoms with Crippen molar-refractivity contribution in [2.24, 2.45) is 5.10 Å². The molecule has 0 aliphatic rings. The number of hydrazone groups is 1. The quantitative estimate of drug-likeness (QED) is 0.0981. The lowest BCUT2D eigenvalue weighted by molar-refractivity contribution is -0.393. The summed E-state index contributed by atoms with van der Waals surface area (Å²) < 4.78 is 0. The molecule has 0 aliphatic carbocycles. The number of nitro benzene ring substituents is 2. The summed E-state index contributed by atoms with van der Waals surface area (Å²) in [5.41, 5.74) is 5.56. The average molecular weight is 488 g/mol. The molecular weight excluding hydrogens is 472 g/mol. The van der Waals surface area contributed by atoms with Crippen LogP contribution in [0.5, 0.6) is 0 Å². The highest BCUT2D eigenvalue weighted by molar-refractivity contribution is 6.23.